The van der Waals surface area contributed by atoms with E-state index in [0.717, 1.165) is 16.8 Å². The average molecular weight is 856 g/mol. The summed E-state index contributed by atoms with van der Waals surface area (Å²) in [5, 5.41) is 5.08. The van der Waals surface area contributed by atoms with Crippen LogP contribution in [0, 0.1) is 0 Å². The molecule has 1 aliphatic rings. The van der Waals surface area contributed by atoms with Gasteiger partial charge in [-0.15, -0.1) is 0 Å². The van der Waals surface area contributed by atoms with Gasteiger partial charge in [0.05, 0.1) is 17.3 Å². The largest absolute Gasteiger partial charge is 0.527 e. The molecule has 6 unspecified atom stereocenters. The van der Waals surface area contributed by atoms with Crippen LogP contribution in [0.2, 0.25) is 0 Å². The van der Waals surface area contributed by atoms with Gasteiger partial charge in [-0.2, -0.15) is 0 Å². The summed E-state index contributed by atoms with van der Waals surface area (Å²) in [5.41, 5.74) is -1.12. The zero-order valence-corrected chi connectivity index (χ0v) is 30.3. The molecule has 266 valence electrons. The summed E-state index contributed by atoms with van der Waals surface area (Å²) < 4.78 is 60.0. The third kappa shape index (κ3) is 11.2. The number of anilines is 2. The van der Waals surface area contributed by atoms with Gasteiger partial charge in [0.2, 0.25) is 11.8 Å². The van der Waals surface area contributed by atoms with Crippen LogP contribution in [0.1, 0.15) is 13.2 Å². The van der Waals surface area contributed by atoms with Gasteiger partial charge in [-0.25, -0.2) is 13.9 Å². The predicted molar refractivity (Wildman–Crippen MR) is 180 cm³/mol. The smallest absolute Gasteiger partial charge is 0.404 e. The number of alkyl halides is 2. The lowest BCUT2D eigenvalue weighted by atomic mass is 10.1. The molecule has 2 heterocycles. The fourth-order valence-electron chi connectivity index (χ4n) is 4.48. The highest BCUT2D eigenvalue weighted by Crippen LogP contribution is 2.51. The maximum Gasteiger partial charge on any atom is 0.527 e. The highest BCUT2D eigenvalue weighted by atomic mass is 79.9. The first-order valence-corrected chi connectivity index (χ1v) is 19.3. The predicted octanol–water partition coefficient (Wildman–Crippen LogP) is 3.27. The van der Waals surface area contributed by atoms with Gasteiger partial charge in [0.25, 0.3) is 5.56 Å². The van der Waals surface area contributed by atoms with Crippen LogP contribution in [0.25, 0.3) is 0 Å². The Labute approximate surface area is 294 Å². The molecule has 1 saturated heterocycles. The number of nitrogens with zero attached hydrogens (tertiary/aromatic N) is 1. The highest BCUT2D eigenvalue weighted by molar-refractivity contribution is 9.09. The van der Waals surface area contributed by atoms with Crippen LogP contribution in [-0.4, -0.2) is 73.3 Å². The Bertz CT molecular complexity index is 1860. The summed E-state index contributed by atoms with van der Waals surface area (Å²) in [4.78, 5) is 71.3. The van der Waals surface area contributed by atoms with E-state index < -0.39 is 63.9 Å². The lowest BCUT2D eigenvalue weighted by Gasteiger charge is -2.26. The zero-order valence-electron chi connectivity index (χ0n) is 25.3. The van der Waals surface area contributed by atoms with Crippen molar-refractivity contribution in [1.29, 1.82) is 0 Å². The van der Waals surface area contributed by atoms with E-state index in [9.17, 15) is 38.1 Å². The molecule has 1 aliphatic heterocycles. The van der Waals surface area contributed by atoms with Crippen LogP contribution < -0.4 is 30.9 Å². The monoisotopic (exact) mass is 854 g/mol. The number of amides is 2. The quantitative estimate of drug-likeness (QED) is 0.103. The fourth-order valence-corrected chi connectivity index (χ4v) is 6.51. The van der Waals surface area contributed by atoms with Gasteiger partial charge in [-0.05, 0) is 31.2 Å². The number of hydrogen-bond donors (Lipinski definition) is 5. The van der Waals surface area contributed by atoms with E-state index in [1.807, 2.05) is 0 Å². The number of hydrogen-bond acceptors (Lipinski definition) is 12. The fraction of sp³-hybridized carbons (Fsp3) is 0.333. The maximum absolute atomic E-state index is 13.3. The molecule has 4 rings (SSSR count). The molecule has 3 aromatic rings. The Hall–Kier alpha value is -3.16. The molecule has 6 atom stereocenters. The number of aromatic amines is 1. The minimum absolute atomic E-state index is 0.00296. The van der Waals surface area contributed by atoms with E-state index in [-0.39, 0.29) is 46.0 Å². The number of carbonyl (C=O) groups is 2. The molecule has 0 aliphatic carbocycles. The first kappa shape index (κ1) is 38.6. The Morgan fingerprint density at radius 3 is 2.02 bits per heavy atom. The van der Waals surface area contributed by atoms with Crippen molar-refractivity contribution in [2.24, 2.45) is 0 Å². The summed E-state index contributed by atoms with van der Waals surface area (Å²) in [6, 6.07) is 12.1. The van der Waals surface area contributed by atoms with Gasteiger partial charge in [0.1, 0.15) is 29.8 Å². The van der Waals surface area contributed by atoms with Crippen LogP contribution in [0.5, 0.6) is 11.5 Å². The van der Waals surface area contributed by atoms with Gasteiger partial charge in [-0.3, -0.25) is 42.8 Å². The first-order valence-electron chi connectivity index (χ1n) is 14.1. The van der Waals surface area contributed by atoms with Gasteiger partial charge < -0.3 is 29.2 Å². The number of ether oxygens (including phenoxy) is 2. The number of rotatable bonds is 16. The van der Waals surface area contributed by atoms with Gasteiger partial charge in [0.15, 0.2) is 6.23 Å². The number of nitrogens with one attached hydrogen (secondary N) is 3. The van der Waals surface area contributed by atoms with Crippen LogP contribution in [0.15, 0.2) is 70.4 Å². The number of halogens is 2. The van der Waals surface area contributed by atoms with E-state index in [4.69, 9.17) is 27.6 Å². The second-order valence-electron chi connectivity index (χ2n) is 9.91. The molecule has 0 bridgehead atoms. The summed E-state index contributed by atoms with van der Waals surface area (Å²) in [5.74, 6) is -1.10. The van der Waals surface area contributed by atoms with E-state index in [1.54, 1.807) is 6.92 Å². The van der Waals surface area contributed by atoms with E-state index in [2.05, 4.69) is 47.5 Å². The molecule has 0 spiro atoms. The first-order chi connectivity index (χ1) is 23.2. The second kappa shape index (κ2) is 17.2. The number of H-pyrrole nitrogens is 1. The van der Waals surface area contributed by atoms with Crippen molar-refractivity contribution in [2.75, 3.05) is 34.5 Å². The van der Waals surface area contributed by atoms with Crippen molar-refractivity contribution < 1.29 is 56.1 Å². The number of phosphoric ester groups is 2. The van der Waals surface area contributed by atoms with Crippen molar-refractivity contribution >= 4 is 70.7 Å². The van der Waals surface area contributed by atoms with Gasteiger partial charge >= 0.3 is 21.3 Å². The minimum atomic E-state index is -5.08. The molecule has 2 amide bonds. The Morgan fingerprint density at radius 2 is 1.49 bits per heavy atom. The number of aromatic nitrogens is 2. The lowest BCUT2D eigenvalue weighted by Crippen LogP contribution is -2.40. The highest BCUT2D eigenvalue weighted by Gasteiger charge is 2.51. The molecule has 49 heavy (non-hydrogen) atoms. The second-order valence-corrected chi connectivity index (χ2v) is 13.7. The van der Waals surface area contributed by atoms with Crippen LogP contribution in [-0.2, 0) is 37.2 Å². The Kier molecular flexibility index (Phi) is 13.5. The average Bonchev–Trinajstić information content (AvgIpc) is 3.35. The lowest BCUT2D eigenvalue weighted by molar-refractivity contribution is -0.114. The zero-order chi connectivity index (χ0) is 35.8. The van der Waals surface area contributed by atoms with Crippen molar-refractivity contribution in [3.8, 4) is 11.5 Å². The van der Waals surface area contributed by atoms with Crippen molar-refractivity contribution in [2.45, 2.75) is 31.5 Å². The standard InChI is InChI=1S/C27H30Br2N4O14P2/c1-2-42-25-24(47-49(40,41)46-19-8-4-6-17(12-19)31-23(36)14-29)20(44-26(25)33-10-9-21(34)32-27(33)37)15-43-48(38,39)45-18-7-3-5-16(11-18)30-22(35)13-28/h3-12,20,24-26H,2,13-15H2,1H3,(H,30,35)(H,31,36)(H,38,39)(H,40,41)(H,32,34,37). The van der Waals surface area contributed by atoms with E-state index in [0.29, 0.717) is 0 Å². The van der Waals surface area contributed by atoms with Gasteiger partial charge in [0, 0.05) is 42.4 Å². The Morgan fingerprint density at radius 1 is 0.918 bits per heavy atom. The van der Waals surface area contributed by atoms with Crippen molar-refractivity contribution in [1.82, 2.24) is 9.55 Å². The normalized spacial score (nSPS) is 21.2. The Balaban J connectivity index is 1.59. The molecule has 18 nitrogen and oxygen atoms in total. The molecule has 0 radical (unpaired) electrons. The number of carbonyl (C=O) groups excluding carboxylic acids is 2. The summed E-state index contributed by atoms with van der Waals surface area (Å²) in [6.07, 6.45) is -4.73. The summed E-state index contributed by atoms with van der Waals surface area (Å²) in [7, 11) is -10.0. The van der Waals surface area contributed by atoms with Crippen molar-refractivity contribution in [3.05, 3.63) is 81.6 Å². The molecule has 2 aromatic carbocycles. The molecule has 22 heteroatoms. The number of phosphoric acid groups is 2. The van der Waals surface area contributed by atoms with Crippen molar-refractivity contribution in [3.63, 3.8) is 0 Å². The maximum atomic E-state index is 13.3. The van der Waals surface area contributed by atoms with Crippen LogP contribution in [0.3, 0.4) is 0 Å². The summed E-state index contributed by atoms with van der Waals surface area (Å²) >= 11 is 6.03. The third-order valence-electron chi connectivity index (χ3n) is 6.35. The van der Waals surface area contributed by atoms with Gasteiger partial charge in [-0.1, -0.05) is 44.0 Å². The molecular weight excluding hydrogens is 826 g/mol. The van der Waals surface area contributed by atoms with Crippen LogP contribution >= 0.6 is 47.5 Å². The minimum Gasteiger partial charge on any atom is -0.404 e. The SMILES string of the molecule is CCOC1C(OP(=O)(O)Oc2cccc(NC(=O)CBr)c2)C(COP(=O)(O)Oc2cccc(NC(=O)CBr)c2)OC1n1ccc(=O)[nH]c1=O. The molecule has 0 saturated carbocycles. The topological polar surface area (TPSA) is 243 Å². The molecular formula is C27H30Br2N4O14P2. The number of benzene rings is 2. The van der Waals surface area contributed by atoms with Crippen LogP contribution in [0.4, 0.5) is 11.4 Å². The molecule has 5 N–H and O–H groups in total. The molecule has 1 fully saturated rings. The molecule has 1 aromatic heterocycles. The van der Waals surface area contributed by atoms with E-state index >= 15 is 0 Å². The third-order valence-corrected chi connectivity index (χ3v) is 9.23. The van der Waals surface area contributed by atoms with E-state index in [1.165, 1.54) is 48.5 Å². The summed E-state index contributed by atoms with van der Waals surface area (Å²) in [6.45, 7) is 0.746.